The van der Waals surface area contributed by atoms with Gasteiger partial charge in [0.2, 0.25) is 0 Å². The van der Waals surface area contributed by atoms with Gasteiger partial charge in [-0.05, 0) is 30.3 Å². The van der Waals surface area contributed by atoms with Crippen LogP contribution in [0.25, 0.3) is 0 Å². The normalized spacial score (nSPS) is 10.8. The summed E-state index contributed by atoms with van der Waals surface area (Å²) in [6, 6.07) is 10.0. The second kappa shape index (κ2) is 7.51. The number of anilines is 1. The lowest BCUT2D eigenvalue weighted by Crippen LogP contribution is -2.20. The molecule has 2 aromatic carbocycles. The SMILES string of the molecule is O=C(COc1ccccc1[N+](=O)[O-])Nc1ccc(OC(F)(F)F)cc1. The number of nitrogens with one attached hydrogen (secondary N) is 1. The fourth-order valence-electron chi connectivity index (χ4n) is 1.81. The first kappa shape index (κ1) is 18.0. The third kappa shape index (κ3) is 5.68. The highest BCUT2D eigenvalue weighted by Gasteiger charge is 2.30. The van der Waals surface area contributed by atoms with E-state index >= 15 is 0 Å². The summed E-state index contributed by atoms with van der Waals surface area (Å²) in [7, 11) is 0. The Morgan fingerprint density at radius 1 is 1.12 bits per heavy atom. The van der Waals surface area contributed by atoms with Crippen LogP contribution in [0.2, 0.25) is 0 Å². The Hall–Kier alpha value is -3.30. The van der Waals surface area contributed by atoms with Gasteiger partial charge in [0.25, 0.3) is 5.91 Å². The number of amides is 1. The first-order chi connectivity index (χ1) is 11.7. The molecule has 2 aromatic rings. The van der Waals surface area contributed by atoms with Gasteiger partial charge in [-0.2, -0.15) is 0 Å². The first-order valence-electron chi connectivity index (χ1n) is 6.76. The maximum atomic E-state index is 12.0. The summed E-state index contributed by atoms with van der Waals surface area (Å²) >= 11 is 0. The minimum absolute atomic E-state index is 0.0726. The van der Waals surface area contributed by atoms with Gasteiger partial charge in [-0.25, -0.2) is 0 Å². The van der Waals surface area contributed by atoms with E-state index < -0.39 is 29.5 Å². The lowest BCUT2D eigenvalue weighted by Gasteiger charge is -2.10. The van der Waals surface area contributed by atoms with Gasteiger partial charge in [0, 0.05) is 11.8 Å². The molecule has 0 spiro atoms. The van der Waals surface area contributed by atoms with E-state index in [-0.39, 0.29) is 17.1 Å². The number of hydrogen-bond acceptors (Lipinski definition) is 5. The van der Waals surface area contributed by atoms with Crippen molar-refractivity contribution in [3.63, 3.8) is 0 Å². The highest BCUT2D eigenvalue weighted by Crippen LogP contribution is 2.26. The van der Waals surface area contributed by atoms with Crippen molar-refractivity contribution in [3.8, 4) is 11.5 Å². The Morgan fingerprint density at radius 3 is 2.36 bits per heavy atom. The van der Waals surface area contributed by atoms with Crippen LogP contribution < -0.4 is 14.8 Å². The van der Waals surface area contributed by atoms with E-state index in [0.29, 0.717) is 0 Å². The lowest BCUT2D eigenvalue weighted by atomic mass is 10.3. The summed E-state index contributed by atoms with van der Waals surface area (Å²) in [6.07, 6.45) is -4.80. The van der Waals surface area contributed by atoms with E-state index in [0.717, 1.165) is 12.1 Å². The molecule has 0 unspecified atom stereocenters. The van der Waals surface area contributed by atoms with E-state index in [1.54, 1.807) is 0 Å². The van der Waals surface area contributed by atoms with E-state index in [1.807, 2.05) is 0 Å². The van der Waals surface area contributed by atoms with Crippen molar-refractivity contribution >= 4 is 17.3 Å². The molecule has 0 saturated carbocycles. The second-order valence-corrected chi connectivity index (χ2v) is 4.63. The monoisotopic (exact) mass is 356 g/mol. The number of nitro benzene ring substituents is 1. The zero-order valence-corrected chi connectivity index (χ0v) is 12.4. The molecule has 132 valence electrons. The van der Waals surface area contributed by atoms with Crippen LogP contribution in [0.4, 0.5) is 24.5 Å². The summed E-state index contributed by atoms with van der Waals surface area (Å²) in [6.45, 7) is -0.508. The smallest absolute Gasteiger partial charge is 0.477 e. The number of carbonyl (C=O) groups is 1. The van der Waals surface area contributed by atoms with Crippen LogP contribution in [-0.4, -0.2) is 23.8 Å². The Kier molecular flexibility index (Phi) is 5.42. The van der Waals surface area contributed by atoms with Crippen LogP contribution in [0, 0.1) is 10.1 Å². The van der Waals surface area contributed by atoms with Gasteiger partial charge in [0.05, 0.1) is 4.92 Å². The van der Waals surface area contributed by atoms with Crippen LogP contribution in [0.5, 0.6) is 11.5 Å². The Bertz CT molecular complexity index is 763. The van der Waals surface area contributed by atoms with E-state index in [1.165, 1.54) is 36.4 Å². The van der Waals surface area contributed by atoms with Crippen LogP contribution in [0.15, 0.2) is 48.5 Å². The van der Waals surface area contributed by atoms with Gasteiger partial charge < -0.3 is 14.8 Å². The number of benzene rings is 2. The molecule has 1 amide bonds. The number of para-hydroxylation sites is 2. The standard InChI is InChI=1S/C15H11F3N2O5/c16-15(17,18)25-11-7-5-10(6-8-11)19-14(21)9-24-13-4-2-1-3-12(13)20(22)23/h1-8H,9H2,(H,19,21). The molecular formula is C15H11F3N2O5. The fraction of sp³-hybridized carbons (Fsp3) is 0.133. The summed E-state index contributed by atoms with van der Waals surface area (Å²) in [5.74, 6) is -1.14. The maximum Gasteiger partial charge on any atom is 0.573 e. The number of nitrogens with zero attached hydrogens (tertiary/aromatic N) is 1. The number of nitro groups is 1. The van der Waals surface area contributed by atoms with Crippen LogP contribution in [0.1, 0.15) is 0 Å². The zero-order valence-electron chi connectivity index (χ0n) is 12.4. The van der Waals surface area contributed by atoms with Gasteiger partial charge >= 0.3 is 12.0 Å². The fourth-order valence-corrected chi connectivity index (χ4v) is 1.81. The van der Waals surface area contributed by atoms with Crippen molar-refractivity contribution in [2.75, 3.05) is 11.9 Å². The molecule has 0 aliphatic carbocycles. The van der Waals surface area contributed by atoms with Crippen molar-refractivity contribution in [1.29, 1.82) is 0 Å². The Morgan fingerprint density at radius 2 is 1.76 bits per heavy atom. The Balaban J connectivity index is 1.92. The Labute approximate surface area is 139 Å². The molecule has 0 heterocycles. The zero-order chi connectivity index (χ0) is 18.4. The molecule has 0 fully saturated rings. The van der Waals surface area contributed by atoms with Crippen molar-refractivity contribution < 1.29 is 32.4 Å². The van der Waals surface area contributed by atoms with Gasteiger partial charge in [0.1, 0.15) is 5.75 Å². The van der Waals surface area contributed by atoms with Gasteiger partial charge in [0.15, 0.2) is 12.4 Å². The average molecular weight is 356 g/mol. The number of alkyl halides is 3. The van der Waals surface area contributed by atoms with Crippen LogP contribution in [-0.2, 0) is 4.79 Å². The van der Waals surface area contributed by atoms with E-state index in [2.05, 4.69) is 10.1 Å². The predicted molar refractivity (Wildman–Crippen MR) is 80.3 cm³/mol. The van der Waals surface area contributed by atoms with Crippen molar-refractivity contribution in [2.45, 2.75) is 6.36 Å². The number of halogens is 3. The van der Waals surface area contributed by atoms with Crippen molar-refractivity contribution in [1.82, 2.24) is 0 Å². The molecule has 10 heteroatoms. The molecule has 0 aliphatic heterocycles. The molecule has 1 N–H and O–H groups in total. The highest BCUT2D eigenvalue weighted by atomic mass is 19.4. The largest absolute Gasteiger partial charge is 0.573 e. The summed E-state index contributed by atoms with van der Waals surface area (Å²) in [5.41, 5.74) is -0.0744. The second-order valence-electron chi connectivity index (χ2n) is 4.63. The topological polar surface area (TPSA) is 90.7 Å². The third-order valence-corrected chi connectivity index (χ3v) is 2.79. The molecule has 0 atom stereocenters. The molecule has 0 bridgehead atoms. The number of rotatable bonds is 6. The summed E-state index contributed by atoms with van der Waals surface area (Å²) in [5, 5.41) is 13.2. The van der Waals surface area contributed by atoms with Gasteiger partial charge in [-0.3, -0.25) is 14.9 Å². The molecule has 0 radical (unpaired) electrons. The number of ether oxygens (including phenoxy) is 2. The number of hydrogen-bond donors (Lipinski definition) is 1. The van der Waals surface area contributed by atoms with E-state index in [9.17, 15) is 28.1 Å². The van der Waals surface area contributed by atoms with Gasteiger partial charge in [-0.15, -0.1) is 13.2 Å². The molecule has 0 aromatic heterocycles. The van der Waals surface area contributed by atoms with Crippen molar-refractivity contribution in [2.24, 2.45) is 0 Å². The molecule has 0 aliphatic rings. The first-order valence-corrected chi connectivity index (χ1v) is 6.76. The summed E-state index contributed by atoms with van der Waals surface area (Å²) in [4.78, 5) is 21.9. The minimum Gasteiger partial charge on any atom is -0.477 e. The molecule has 7 nitrogen and oxygen atoms in total. The third-order valence-electron chi connectivity index (χ3n) is 2.79. The summed E-state index contributed by atoms with van der Waals surface area (Å²) < 4.78 is 44.9. The quantitative estimate of drug-likeness (QED) is 0.632. The predicted octanol–water partition coefficient (Wildman–Crippen LogP) is 3.51. The maximum absolute atomic E-state index is 12.0. The number of carbonyl (C=O) groups excluding carboxylic acids is 1. The average Bonchev–Trinajstić information content (AvgIpc) is 2.53. The minimum atomic E-state index is -4.80. The van der Waals surface area contributed by atoms with Crippen LogP contribution >= 0.6 is 0 Å². The molecular weight excluding hydrogens is 345 g/mol. The van der Waals surface area contributed by atoms with Crippen molar-refractivity contribution in [3.05, 3.63) is 58.6 Å². The van der Waals surface area contributed by atoms with Gasteiger partial charge in [-0.1, -0.05) is 12.1 Å². The van der Waals surface area contributed by atoms with Crippen LogP contribution in [0.3, 0.4) is 0 Å². The lowest BCUT2D eigenvalue weighted by molar-refractivity contribution is -0.385. The molecule has 0 saturated heterocycles. The molecule has 25 heavy (non-hydrogen) atoms. The molecule has 2 rings (SSSR count). The van der Waals surface area contributed by atoms with E-state index in [4.69, 9.17) is 4.74 Å². The highest BCUT2D eigenvalue weighted by molar-refractivity contribution is 5.91.